The van der Waals surface area contributed by atoms with E-state index in [1.807, 2.05) is 26.2 Å². The minimum atomic E-state index is -0.528. The van der Waals surface area contributed by atoms with Crippen molar-refractivity contribution in [3.8, 4) is 17.2 Å². The molecule has 0 amide bonds. The van der Waals surface area contributed by atoms with Crippen LogP contribution in [-0.4, -0.2) is 36.6 Å². The van der Waals surface area contributed by atoms with Crippen molar-refractivity contribution in [3.05, 3.63) is 52.6 Å². The molecule has 7 nitrogen and oxygen atoms in total. The molecule has 0 fully saturated rings. The summed E-state index contributed by atoms with van der Waals surface area (Å²) in [5.74, 6) is 1.78. The first-order chi connectivity index (χ1) is 11.4. The average Bonchev–Trinajstić information content (AvgIpc) is 2.53. The molecule has 0 aliphatic heterocycles. The minimum Gasteiger partial charge on any atom is -0.492 e. The molecular weight excluding hydrogens is 310 g/mol. The smallest absolute Gasteiger partial charge is 0.292 e. The Hall–Kier alpha value is -2.80. The Bertz CT molecular complexity index is 701. The zero-order chi connectivity index (χ0) is 17.7. The third-order valence-corrected chi connectivity index (χ3v) is 3.63. The molecule has 7 heteroatoms. The number of ether oxygens (including phenoxy) is 2. The Morgan fingerprint density at radius 3 is 2.25 bits per heavy atom. The maximum Gasteiger partial charge on any atom is 0.292 e. The molecule has 0 aliphatic rings. The molecule has 0 heterocycles. The van der Waals surface area contributed by atoms with Crippen LogP contribution < -0.4 is 15.2 Å². The largest absolute Gasteiger partial charge is 0.492 e. The number of nitrogens with two attached hydrogens (primary N) is 1. The van der Waals surface area contributed by atoms with Crippen LogP contribution in [0.25, 0.3) is 0 Å². The van der Waals surface area contributed by atoms with Crippen molar-refractivity contribution >= 4 is 11.4 Å². The van der Waals surface area contributed by atoms with Crippen molar-refractivity contribution in [1.82, 2.24) is 4.90 Å². The Balaban J connectivity index is 1.99. The fourth-order valence-electron chi connectivity index (χ4n) is 1.87. The van der Waals surface area contributed by atoms with E-state index >= 15 is 0 Å². The maximum atomic E-state index is 10.7. The van der Waals surface area contributed by atoms with Gasteiger partial charge in [0, 0.05) is 18.2 Å². The van der Waals surface area contributed by atoms with Crippen LogP contribution >= 0.6 is 0 Å². The van der Waals surface area contributed by atoms with Crippen molar-refractivity contribution in [3.63, 3.8) is 0 Å². The first-order valence-corrected chi connectivity index (χ1v) is 7.48. The number of nitrogen functional groups attached to an aromatic ring is 1. The second-order valence-electron chi connectivity index (χ2n) is 5.67. The van der Waals surface area contributed by atoms with Crippen LogP contribution in [-0.2, 0) is 0 Å². The van der Waals surface area contributed by atoms with Crippen LogP contribution in [0.1, 0.15) is 6.92 Å². The first-order valence-electron chi connectivity index (χ1n) is 7.48. The third-order valence-electron chi connectivity index (χ3n) is 3.63. The summed E-state index contributed by atoms with van der Waals surface area (Å²) in [4.78, 5) is 12.3. The molecule has 2 rings (SSSR count). The lowest BCUT2D eigenvalue weighted by Gasteiger charge is -2.20. The summed E-state index contributed by atoms with van der Waals surface area (Å²) in [7, 11) is 4.00. The number of anilines is 1. The summed E-state index contributed by atoms with van der Waals surface area (Å²) in [6.45, 7) is 2.67. The van der Waals surface area contributed by atoms with E-state index < -0.39 is 4.92 Å². The maximum absolute atomic E-state index is 10.7. The van der Waals surface area contributed by atoms with Crippen LogP contribution in [0, 0.1) is 10.1 Å². The fraction of sp³-hybridized carbons (Fsp3) is 0.294. The lowest BCUT2D eigenvalue weighted by atomic mass is 10.2. The van der Waals surface area contributed by atoms with Gasteiger partial charge in [-0.15, -0.1) is 0 Å². The van der Waals surface area contributed by atoms with Gasteiger partial charge in [0.05, 0.1) is 4.92 Å². The highest BCUT2D eigenvalue weighted by molar-refractivity contribution is 5.61. The van der Waals surface area contributed by atoms with Crippen molar-refractivity contribution in [2.24, 2.45) is 0 Å². The lowest BCUT2D eigenvalue weighted by Crippen LogP contribution is -2.30. The fourth-order valence-corrected chi connectivity index (χ4v) is 1.87. The molecule has 1 unspecified atom stereocenters. The topological polar surface area (TPSA) is 90.9 Å². The van der Waals surface area contributed by atoms with Gasteiger partial charge in [-0.25, -0.2) is 0 Å². The van der Waals surface area contributed by atoms with Crippen LogP contribution in [0.5, 0.6) is 17.2 Å². The highest BCUT2D eigenvalue weighted by Gasteiger charge is 2.12. The molecule has 0 bridgehead atoms. The van der Waals surface area contributed by atoms with E-state index in [-0.39, 0.29) is 11.4 Å². The van der Waals surface area contributed by atoms with Crippen LogP contribution in [0.15, 0.2) is 42.5 Å². The zero-order valence-electron chi connectivity index (χ0n) is 13.9. The molecule has 0 saturated carbocycles. The van der Waals surface area contributed by atoms with E-state index in [9.17, 15) is 10.1 Å². The van der Waals surface area contributed by atoms with E-state index in [2.05, 4.69) is 11.8 Å². The highest BCUT2D eigenvalue weighted by atomic mass is 16.6. The van der Waals surface area contributed by atoms with Crippen LogP contribution in [0.2, 0.25) is 0 Å². The van der Waals surface area contributed by atoms with Crippen molar-refractivity contribution in [2.45, 2.75) is 13.0 Å². The molecule has 0 spiro atoms. The van der Waals surface area contributed by atoms with Gasteiger partial charge in [-0.05, 0) is 51.4 Å². The number of likely N-dealkylation sites (N-methyl/N-ethyl adjacent to an activating group) is 1. The van der Waals surface area contributed by atoms with Gasteiger partial charge in [0.25, 0.3) is 5.69 Å². The molecule has 0 aromatic heterocycles. The summed E-state index contributed by atoms with van der Waals surface area (Å²) in [5.41, 5.74) is 5.57. The predicted molar refractivity (Wildman–Crippen MR) is 92.7 cm³/mol. The monoisotopic (exact) mass is 331 g/mol. The van der Waals surface area contributed by atoms with Gasteiger partial charge in [-0.3, -0.25) is 10.1 Å². The molecule has 128 valence electrons. The first kappa shape index (κ1) is 17.6. The molecule has 0 aliphatic carbocycles. The molecular formula is C17H21N3O4. The Labute approximate surface area is 140 Å². The number of rotatable bonds is 7. The molecule has 0 saturated heterocycles. The predicted octanol–water partition coefficient (Wildman–Crippen LogP) is 3.30. The van der Waals surface area contributed by atoms with E-state index in [1.165, 1.54) is 18.2 Å². The van der Waals surface area contributed by atoms with Crippen LogP contribution in [0.3, 0.4) is 0 Å². The second-order valence-corrected chi connectivity index (χ2v) is 5.67. The average molecular weight is 331 g/mol. The number of hydrogen-bond acceptors (Lipinski definition) is 6. The molecule has 1 atom stereocenters. The second kappa shape index (κ2) is 7.65. The van der Waals surface area contributed by atoms with Crippen molar-refractivity contribution in [1.29, 1.82) is 0 Å². The van der Waals surface area contributed by atoms with Crippen molar-refractivity contribution in [2.75, 3.05) is 26.4 Å². The van der Waals surface area contributed by atoms with E-state index in [0.717, 1.165) is 5.75 Å². The van der Waals surface area contributed by atoms with Gasteiger partial charge >= 0.3 is 0 Å². The molecule has 2 N–H and O–H groups in total. The molecule has 0 radical (unpaired) electrons. The number of nitrogens with zero attached hydrogens (tertiary/aromatic N) is 2. The number of hydrogen-bond donors (Lipinski definition) is 1. The van der Waals surface area contributed by atoms with Gasteiger partial charge in [0.2, 0.25) is 0 Å². The lowest BCUT2D eigenvalue weighted by molar-refractivity contribution is -0.383. The van der Waals surface area contributed by atoms with Gasteiger partial charge in [-0.2, -0.15) is 0 Å². The highest BCUT2D eigenvalue weighted by Crippen LogP contribution is 2.30. The van der Waals surface area contributed by atoms with E-state index in [4.69, 9.17) is 15.2 Å². The molecule has 2 aromatic carbocycles. The van der Waals surface area contributed by atoms with Crippen molar-refractivity contribution < 1.29 is 14.4 Å². The van der Waals surface area contributed by atoms with E-state index in [1.54, 1.807) is 12.1 Å². The van der Waals surface area contributed by atoms with Crippen LogP contribution in [0.4, 0.5) is 11.4 Å². The Morgan fingerprint density at radius 2 is 1.71 bits per heavy atom. The summed E-state index contributed by atoms with van der Waals surface area (Å²) in [6, 6.07) is 11.7. The quantitative estimate of drug-likeness (QED) is 0.475. The van der Waals surface area contributed by atoms with Gasteiger partial charge < -0.3 is 20.1 Å². The number of benzene rings is 2. The van der Waals surface area contributed by atoms with Gasteiger partial charge in [0.1, 0.15) is 29.5 Å². The summed E-state index contributed by atoms with van der Waals surface area (Å²) < 4.78 is 11.3. The Kier molecular flexibility index (Phi) is 5.59. The molecule has 2 aromatic rings. The van der Waals surface area contributed by atoms with Gasteiger partial charge in [-0.1, -0.05) is 0 Å². The Morgan fingerprint density at radius 1 is 1.12 bits per heavy atom. The van der Waals surface area contributed by atoms with Gasteiger partial charge in [0.15, 0.2) is 0 Å². The minimum absolute atomic E-state index is 0.0649. The van der Waals surface area contributed by atoms with E-state index in [0.29, 0.717) is 24.1 Å². The molecule has 24 heavy (non-hydrogen) atoms. The summed E-state index contributed by atoms with van der Waals surface area (Å²) >= 11 is 0. The SMILES string of the molecule is CC(COc1ccc(Oc2ccc([N+](=O)[O-])c(N)c2)cc1)N(C)C. The third kappa shape index (κ3) is 4.60. The number of nitro benzene ring substituents is 1. The number of nitro groups is 1. The standard InChI is InChI=1S/C17H21N3O4/c1-12(19(2)3)11-23-13-4-6-14(7-5-13)24-15-8-9-17(20(21)22)16(18)10-15/h4-10,12H,11,18H2,1-3H3. The summed E-state index contributed by atoms with van der Waals surface area (Å²) in [5, 5.41) is 10.7. The zero-order valence-corrected chi connectivity index (χ0v) is 13.9. The normalized spacial score (nSPS) is 12.0. The summed E-state index contributed by atoms with van der Waals surface area (Å²) in [6.07, 6.45) is 0.